The third kappa shape index (κ3) is 2.86. The molecule has 128 valence electrons. The molecule has 3 nitrogen and oxygen atoms in total. The number of esters is 1. The summed E-state index contributed by atoms with van der Waals surface area (Å²) < 4.78 is 5.28. The molecule has 5 heteroatoms. The second-order valence-corrected chi connectivity index (χ2v) is 8.66. The van der Waals surface area contributed by atoms with E-state index in [2.05, 4.69) is 0 Å². The molecule has 4 fully saturated rings. The Labute approximate surface area is 151 Å². The van der Waals surface area contributed by atoms with Crippen molar-refractivity contribution in [1.29, 1.82) is 0 Å². The van der Waals surface area contributed by atoms with E-state index in [1.807, 2.05) is 0 Å². The zero-order chi connectivity index (χ0) is 16.9. The first-order valence-corrected chi connectivity index (χ1v) is 9.36. The van der Waals surface area contributed by atoms with Crippen molar-refractivity contribution in [3.8, 4) is 0 Å². The Morgan fingerprint density at radius 3 is 2.17 bits per heavy atom. The average Bonchev–Trinajstić information content (AvgIpc) is 2.51. The molecule has 0 radical (unpaired) electrons. The van der Waals surface area contributed by atoms with Gasteiger partial charge in [-0.05, 0) is 74.5 Å². The zero-order valence-corrected chi connectivity index (χ0v) is 14.9. The van der Waals surface area contributed by atoms with Crippen LogP contribution in [0.5, 0.6) is 0 Å². The number of Topliss-reactive ketones (excluding diaryl/α,β-unsaturated/α-hetero) is 1. The lowest BCUT2D eigenvalue weighted by Gasteiger charge is -2.55. The highest BCUT2D eigenvalue weighted by atomic mass is 35.5. The first-order chi connectivity index (χ1) is 11.4. The zero-order valence-electron chi connectivity index (χ0n) is 13.4. The van der Waals surface area contributed by atoms with Gasteiger partial charge < -0.3 is 4.74 Å². The lowest BCUT2D eigenvalue weighted by atomic mass is 9.48. The second kappa shape index (κ2) is 6.03. The quantitative estimate of drug-likeness (QED) is 0.709. The number of halogens is 2. The number of ether oxygens (including phenoxy) is 1. The lowest BCUT2D eigenvalue weighted by molar-refractivity contribution is -0.147. The number of hydrogen-bond donors (Lipinski definition) is 0. The Morgan fingerprint density at radius 1 is 1.04 bits per heavy atom. The normalized spacial score (nSPS) is 33.5. The first-order valence-electron chi connectivity index (χ1n) is 8.61. The van der Waals surface area contributed by atoms with Crippen molar-refractivity contribution in [1.82, 2.24) is 0 Å². The maximum Gasteiger partial charge on any atom is 0.340 e. The minimum absolute atomic E-state index is 0.0973. The fourth-order valence-corrected chi connectivity index (χ4v) is 5.95. The van der Waals surface area contributed by atoms with Crippen LogP contribution in [0, 0.1) is 23.2 Å². The summed E-state index contributed by atoms with van der Waals surface area (Å²) in [7, 11) is 0. The maximum absolute atomic E-state index is 12.8. The van der Waals surface area contributed by atoms with Gasteiger partial charge in [-0.1, -0.05) is 23.2 Å². The van der Waals surface area contributed by atoms with E-state index in [0.29, 0.717) is 22.8 Å². The molecular formula is C19H20Cl2O3. The van der Waals surface area contributed by atoms with Crippen LogP contribution in [-0.2, 0) is 9.53 Å². The van der Waals surface area contributed by atoms with E-state index in [9.17, 15) is 9.59 Å². The largest absolute Gasteiger partial charge is 0.454 e. The fraction of sp³-hybridized carbons (Fsp3) is 0.579. The van der Waals surface area contributed by atoms with Crippen LogP contribution >= 0.6 is 23.2 Å². The Morgan fingerprint density at radius 2 is 1.62 bits per heavy atom. The molecule has 0 heterocycles. The molecule has 0 unspecified atom stereocenters. The number of carbonyl (C=O) groups excluding carboxylic acids is 2. The number of benzene rings is 1. The lowest BCUT2D eigenvalue weighted by Crippen LogP contribution is -2.51. The summed E-state index contributed by atoms with van der Waals surface area (Å²) in [5, 5.41) is 0.705. The SMILES string of the molecule is O=C(OCC(=O)C12CC3CC(CC(C3)C1)C2)c1ccc(Cl)cc1Cl. The van der Waals surface area contributed by atoms with Gasteiger partial charge in [0.1, 0.15) is 0 Å². The highest BCUT2D eigenvalue weighted by Gasteiger charge is 2.54. The Balaban J connectivity index is 1.42. The van der Waals surface area contributed by atoms with Crippen LogP contribution in [0.4, 0.5) is 0 Å². The number of ketones is 1. The van der Waals surface area contributed by atoms with Gasteiger partial charge in [-0.3, -0.25) is 4.79 Å². The molecule has 4 aliphatic rings. The molecule has 1 aromatic carbocycles. The van der Waals surface area contributed by atoms with Crippen LogP contribution in [0.2, 0.25) is 10.0 Å². The van der Waals surface area contributed by atoms with Gasteiger partial charge in [0.05, 0.1) is 10.6 Å². The predicted octanol–water partition coefficient (Wildman–Crippen LogP) is 4.94. The molecule has 4 bridgehead atoms. The standard InChI is InChI=1S/C19H20Cl2O3/c20-14-1-2-15(16(21)6-14)18(23)24-10-17(22)19-7-11-3-12(8-19)5-13(4-11)9-19/h1-2,6,11-13H,3-5,7-10H2. The maximum atomic E-state index is 12.8. The highest BCUT2D eigenvalue weighted by molar-refractivity contribution is 6.36. The van der Waals surface area contributed by atoms with E-state index in [-0.39, 0.29) is 28.4 Å². The molecule has 0 spiro atoms. The monoisotopic (exact) mass is 366 g/mol. The van der Waals surface area contributed by atoms with Gasteiger partial charge in [-0.25, -0.2) is 4.79 Å². The first kappa shape index (κ1) is 16.4. The van der Waals surface area contributed by atoms with Gasteiger partial charge in [-0.15, -0.1) is 0 Å². The molecule has 0 aromatic heterocycles. The molecule has 1 aromatic rings. The topological polar surface area (TPSA) is 43.4 Å². The molecule has 0 saturated heterocycles. The van der Waals surface area contributed by atoms with Gasteiger partial charge in [-0.2, -0.15) is 0 Å². The van der Waals surface area contributed by atoms with E-state index in [1.165, 1.54) is 31.4 Å². The van der Waals surface area contributed by atoms with Gasteiger partial charge in [0, 0.05) is 10.4 Å². The van der Waals surface area contributed by atoms with E-state index in [1.54, 1.807) is 6.07 Å². The summed E-state index contributed by atoms with van der Waals surface area (Å²) in [5.74, 6) is 1.62. The van der Waals surface area contributed by atoms with Crippen molar-refractivity contribution < 1.29 is 14.3 Å². The van der Waals surface area contributed by atoms with Crippen LogP contribution in [0.15, 0.2) is 18.2 Å². The molecule has 0 N–H and O–H groups in total. The van der Waals surface area contributed by atoms with Crippen molar-refractivity contribution in [2.24, 2.45) is 23.2 Å². The van der Waals surface area contributed by atoms with Crippen LogP contribution in [-0.4, -0.2) is 18.4 Å². The van der Waals surface area contributed by atoms with E-state index in [4.69, 9.17) is 27.9 Å². The van der Waals surface area contributed by atoms with E-state index in [0.717, 1.165) is 19.3 Å². The molecule has 0 atom stereocenters. The molecule has 5 rings (SSSR count). The van der Waals surface area contributed by atoms with Gasteiger partial charge in [0.2, 0.25) is 0 Å². The molecule has 0 amide bonds. The van der Waals surface area contributed by atoms with Crippen LogP contribution in [0.3, 0.4) is 0 Å². The van der Waals surface area contributed by atoms with Crippen LogP contribution < -0.4 is 0 Å². The van der Waals surface area contributed by atoms with Crippen molar-refractivity contribution in [2.45, 2.75) is 38.5 Å². The Bertz CT molecular complexity index is 663. The summed E-state index contributed by atoms with van der Waals surface area (Å²) in [5.41, 5.74) is 0.0121. The molecule has 24 heavy (non-hydrogen) atoms. The van der Waals surface area contributed by atoms with Gasteiger partial charge in [0.15, 0.2) is 12.4 Å². The predicted molar refractivity (Wildman–Crippen MR) is 92.4 cm³/mol. The molecule has 4 saturated carbocycles. The van der Waals surface area contributed by atoms with Gasteiger partial charge >= 0.3 is 5.97 Å². The third-order valence-electron chi connectivity index (χ3n) is 6.12. The molecule has 4 aliphatic carbocycles. The van der Waals surface area contributed by atoms with Crippen molar-refractivity contribution in [3.63, 3.8) is 0 Å². The minimum atomic E-state index is -0.560. The smallest absolute Gasteiger partial charge is 0.340 e. The Kier molecular flexibility index (Phi) is 4.12. The second-order valence-electron chi connectivity index (χ2n) is 7.82. The summed E-state index contributed by atoms with van der Waals surface area (Å²) in [6, 6.07) is 4.62. The van der Waals surface area contributed by atoms with E-state index < -0.39 is 5.97 Å². The molecule has 0 aliphatic heterocycles. The van der Waals surface area contributed by atoms with E-state index >= 15 is 0 Å². The summed E-state index contributed by atoms with van der Waals surface area (Å²) in [6.07, 6.45) is 6.80. The fourth-order valence-electron chi connectivity index (χ4n) is 5.47. The highest BCUT2D eigenvalue weighted by Crippen LogP contribution is 2.60. The van der Waals surface area contributed by atoms with Crippen LogP contribution in [0.1, 0.15) is 48.9 Å². The number of hydrogen-bond acceptors (Lipinski definition) is 3. The number of rotatable bonds is 4. The van der Waals surface area contributed by atoms with Crippen molar-refractivity contribution in [3.05, 3.63) is 33.8 Å². The average molecular weight is 367 g/mol. The van der Waals surface area contributed by atoms with Crippen molar-refractivity contribution >= 4 is 35.0 Å². The summed E-state index contributed by atoms with van der Waals surface area (Å²) in [6.45, 7) is -0.149. The summed E-state index contributed by atoms with van der Waals surface area (Å²) in [4.78, 5) is 25.0. The van der Waals surface area contributed by atoms with Gasteiger partial charge in [0.25, 0.3) is 0 Å². The minimum Gasteiger partial charge on any atom is -0.454 e. The third-order valence-corrected chi connectivity index (χ3v) is 6.66. The number of carbonyl (C=O) groups is 2. The van der Waals surface area contributed by atoms with Crippen LogP contribution in [0.25, 0.3) is 0 Å². The summed E-state index contributed by atoms with van der Waals surface area (Å²) >= 11 is 11.9. The Hall–Kier alpha value is -1.06. The molecular weight excluding hydrogens is 347 g/mol. The van der Waals surface area contributed by atoms with Crippen molar-refractivity contribution in [2.75, 3.05) is 6.61 Å².